The van der Waals surface area contributed by atoms with Crippen LogP contribution < -0.4 is 5.56 Å². The predicted octanol–water partition coefficient (Wildman–Crippen LogP) is 5.81. The summed E-state index contributed by atoms with van der Waals surface area (Å²) in [4.78, 5) is 27.7. The van der Waals surface area contributed by atoms with Gasteiger partial charge in [-0.2, -0.15) is 0 Å². The minimum Gasteiger partial charge on any atom is -0.304 e. The van der Waals surface area contributed by atoms with Gasteiger partial charge in [-0.25, -0.2) is 0 Å². The number of para-hydroxylation sites is 1. The van der Waals surface area contributed by atoms with Crippen molar-refractivity contribution in [2.75, 3.05) is 33.2 Å². The monoisotopic (exact) mass is 525 g/mol. The molecule has 1 fully saturated rings. The van der Waals surface area contributed by atoms with E-state index in [4.69, 9.17) is 4.98 Å². The minimum atomic E-state index is -0.0519. The van der Waals surface area contributed by atoms with Crippen molar-refractivity contribution in [3.8, 4) is 16.8 Å². The van der Waals surface area contributed by atoms with Crippen molar-refractivity contribution in [1.29, 1.82) is 0 Å². The zero-order valence-corrected chi connectivity index (χ0v) is 22.8. The average molecular weight is 526 g/mol. The lowest BCUT2D eigenvalue weighted by Crippen LogP contribution is -2.43. The fourth-order valence-corrected chi connectivity index (χ4v) is 5.82. The molecule has 3 aromatic heterocycles. The second kappa shape index (κ2) is 9.97. The van der Waals surface area contributed by atoms with Crippen molar-refractivity contribution < 1.29 is 0 Å². The molecule has 0 N–H and O–H groups in total. The van der Waals surface area contributed by atoms with Gasteiger partial charge in [0.2, 0.25) is 0 Å². The van der Waals surface area contributed by atoms with Crippen LogP contribution in [0.4, 0.5) is 0 Å². The molecule has 198 valence electrons. The number of pyridine rings is 3. The second-order valence-corrected chi connectivity index (χ2v) is 10.9. The minimum absolute atomic E-state index is 0.0519. The molecule has 0 radical (unpaired) electrons. The van der Waals surface area contributed by atoms with Crippen molar-refractivity contribution in [1.82, 2.24) is 24.3 Å². The fourth-order valence-electron chi connectivity index (χ4n) is 5.82. The molecule has 1 saturated heterocycles. The summed E-state index contributed by atoms with van der Waals surface area (Å²) in [5.41, 5.74) is 8.10. The molecule has 3 aromatic carbocycles. The third-order valence-corrected chi connectivity index (χ3v) is 8.22. The third-order valence-electron chi connectivity index (χ3n) is 8.22. The number of likely N-dealkylation sites (N-methyl/N-ethyl adjacent to an activating group) is 1. The van der Waals surface area contributed by atoms with Crippen LogP contribution in [-0.4, -0.2) is 57.6 Å². The molecule has 6 aromatic rings. The molecular formula is C34H31N5O. The zero-order chi connectivity index (χ0) is 27.2. The molecule has 0 saturated carbocycles. The van der Waals surface area contributed by atoms with Crippen LogP contribution in [0.2, 0.25) is 0 Å². The Balaban J connectivity index is 1.35. The van der Waals surface area contributed by atoms with Gasteiger partial charge in [0, 0.05) is 78.6 Å². The number of rotatable bonds is 4. The van der Waals surface area contributed by atoms with Crippen LogP contribution in [0, 0.1) is 6.92 Å². The van der Waals surface area contributed by atoms with E-state index >= 15 is 0 Å². The number of piperazine rings is 1. The Morgan fingerprint density at radius 3 is 2.42 bits per heavy atom. The Morgan fingerprint density at radius 1 is 0.750 bits per heavy atom. The van der Waals surface area contributed by atoms with Gasteiger partial charge in [-0.15, -0.1) is 0 Å². The van der Waals surface area contributed by atoms with Gasteiger partial charge in [-0.1, -0.05) is 30.3 Å². The summed E-state index contributed by atoms with van der Waals surface area (Å²) < 4.78 is 1.84. The van der Waals surface area contributed by atoms with Crippen molar-refractivity contribution in [3.63, 3.8) is 0 Å². The van der Waals surface area contributed by atoms with E-state index < -0.39 is 0 Å². The van der Waals surface area contributed by atoms with E-state index in [9.17, 15) is 4.79 Å². The van der Waals surface area contributed by atoms with Gasteiger partial charge in [0.15, 0.2) is 0 Å². The molecule has 6 heteroatoms. The number of aromatic nitrogens is 3. The standard InChI is InChI=1S/C34H31N5O/c1-23-17-29(10-7-27(23)22-38-15-13-37(2)14-16-38)39-33(40)12-9-26-20-36-32-11-8-24(19-30(32)34(26)39)28-18-25-5-3-4-6-31(25)35-21-28/h3-12,17-21H,13-16,22H2,1-2H3. The van der Waals surface area contributed by atoms with Crippen molar-refractivity contribution >= 4 is 32.7 Å². The summed E-state index contributed by atoms with van der Waals surface area (Å²) in [7, 11) is 2.18. The zero-order valence-electron chi connectivity index (χ0n) is 22.8. The Morgan fingerprint density at radius 2 is 1.57 bits per heavy atom. The Hall–Kier alpha value is -4.39. The van der Waals surface area contributed by atoms with Crippen LogP contribution in [0.3, 0.4) is 0 Å². The molecule has 6 nitrogen and oxygen atoms in total. The first-order valence-corrected chi connectivity index (χ1v) is 13.8. The summed E-state index contributed by atoms with van der Waals surface area (Å²) in [5.74, 6) is 0. The molecule has 7 rings (SSSR count). The highest BCUT2D eigenvalue weighted by molar-refractivity contribution is 6.05. The first-order valence-electron chi connectivity index (χ1n) is 13.8. The van der Waals surface area contributed by atoms with Gasteiger partial charge >= 0.3 is 0 Å². The molecule has 0 atom stereocenters. The van der Waals surface area contributed by atoms with Crippen molar-refractivity contribution in [3.05, 3.63) is 113 Å². The van der Waals surface area contributed by atoms with E-state index in [0.29, 0.717) is 0 Å². The first-order chi connectivity index (χ1) is 19.5. The summed E-state index contributed by atoms with van der Waals surface area (Å²) in [5, 5.41) is 2.97. The molecule has 0 unspecified atom stereocenters. The number of nitrogens with zero attached hydrogens (tertiary/aromatic N) is 5. The number of aryl methyl sites for hydroxylation is 1. The van der Waals surface area contributed by atoms with E-state index in [1.165, 1.54) is 11.1 Å². The SMILES string of the molecule is Cc1cc(-n2c(=O)ccc3cnc4ccc(-c5cnc6ccccc6c5)cc4c32)ccc1CN1CCN(C)CC1. The lowest BCUT2D eigenvalue weighted by atomic mass is 10.0. The summed E-state index contributed by atoms with van der Waals surface area (Å²) in [6, 6.07) is 26.5. The highest BCUT2D eigenvalue weighted by atomic mass is 16.1. The first kappa shape index (κ1) is 24.6. The molecule has 0 spiro atoms. The smallest absolute Gasteiger partial charge is 0.255 e. The van der Waals surface area contributed by atoms with Gasteiger partial charge < -0.3 is 4.90 Å². The number of fused-ring (bicyclic) bond motifs is 4. The van der Waals surface area contributed by atoms with Gasteiger partial charge in [0.25, 0.3) is 5.56 Å². The van der Waals surface area contributed by atoms with Gasteiger partial charge in [-0.3, -0.25) is 24.2 Å². The van der Waals surface area contributed by atoms with Crippen LogP contribution in [0.15, 0.2) is 96.1 Å². The second-order valence-electron chi connectivity index (χ2n) is 10.9. The van der Waals surface area contributed by atoms with E-state index in [1.54, 1.807) is 6.07 Å². The molecule has 0 amide bonds. The van der Waals surface area contributed by atoms with E-state index in [2.05, 4.69) is 71.2 Å². The summed E-state index contributed by atoms with van der Waals surface area (Å²) >= 11 is 0. The van der Waals surface area contributed by atoms with Crippen LogP contribution in [0.25, 0.3) is 49.5 Å². The van der Waals surface area contributed by atoms with E-state index in [1.807, 2.05) is 47.3 Å². The molecular weight excluding hydrogens is 494 g/mol. The normalized spacial score (nSPS) is 14.8. The molecule has 1 aliphatic heterocycles. The molecule has 1 aliphatic rings. The maximum Gasteiger partial charge on any atom is 0.255 e. The molecule has 0 aliphatic carbocycles. The maximum atomic E-state index is 13.4. The largest absolute Gasteiger partial charge is 0.304 e. The van der Waals surface area contributed by atoms with E-state index in [0.717, 1.165) is 82.2 Å². The maximum absolute atomic E-state index is 13.4. The quantitative estimate of drug-likeness (QED) is 0.272. The molecule has 40 heavy (non-hydrogen) atoms. The van der Waals surface area contributed by atoms with Crippen LogP contribution in [0.5, 0.6) is 0 Å². The highest BCUT2D eigenvalue weighted by Crippen LogP contribution is 2.31. The Bertz CT molecular complexity index is 1950. The summed E-state index contributed by atoms with van der Waals surface area (Å²) in [6.45, 7) is 7.43. The lowest BCUT2D eigenvalue weighted by molar-refractivity contribution is 0.148. The third kappa shape index (κ3) is 4.45. The predicted molar refractivity (Wildman–Crippen MR) is 163 cm³/mol. The van der Waals surface area contributed by atoms with E-state index in [-0.39, 0.29) is 5.56 Å². The van der Waals surface area contributed by atoms with Crippen LogP contribution in [0.1, 0.15) is 11.1 Å². The Kier molecular flexibility index (Phi) is 6.14. The highest BCUT2D eigenvalue weighted by Gasteiger charge is 2.16. The van der Waals surface area contributed by atoms with Crippen molar-refractivity contribution in [2.45, 2.75) is 13.5 Å². The topological polar surface area (TPSA) is 54.3 Å². The lowest BCUT2D eigenvalue weighted by Gasteiger charge is -2.32. The molecule has 4 heterocycles. The fraction of sp³-hybridized carbons (Fsp3) is 0.206. The van der Waals surface area contributed by atoms with Gasteiger partial charge in [0.05, 0.1) is 16.6 Å². The van der Waals surface area contributed by atoms with Crippen LogP contribution >= 0.6 is 0 Å². The van der Waals surface area contributed by atoms with Gasteiger partial charge in [-0.05, 0) is 73.1 Å². The Labute approximate surface area is 233 Å². The summed E-state index contributed by atoms with van der Waals surface area (Å²) in [6.07, 6.45) is 3.77. The number of hydrogen-bond acceptors (Lipinski definition) is 5. The van der Waals surface area contributed by atoms with Crippen molar-refractivity contribution in [2.24, 2.45) is 0 Å². The number of benzene rings is 3. The van der Waals surface area contributed by atoms with Crippen LogP contribution in [-0.2, 0) is 6.54 Å². The van der Waals surface area contributed by atoms with Gasteiger partial charge in [0.1, 0.15) is 0 Å². The molecule has 0 bridgehead atoms. The average Bonchev–Trinajstić information content (AvgIpc) is 2.98. The number of hydrogen-bond donors (Lipinski definition) is 0.